The van der Waals surface area contributed by atoms with Crippen LogP contribution in [0.15, 0.2) is 24.3 Å². The lowest BCUT2D eigenvalue weighted by atomic mass is 10.1. The standard InChI is InChI=1S/C17H28ClNO2/c1-2-3-4-5-6-7-11-19-13-16(20)14-21-17-10-8-9-15(18)12-17/h8-10,12,16,19-20H,2-7,11,13-14H2,1H3. The van der Waals surface area contributed by atoms with Crippen LogP contribution in [-0.4, -0.2) is 30.9 Å². The Bertz CT molecular complexity index is 374. The van der Waals surface area contributed by atoms with Gasteiger partial charge in [0.15, 0.2) is 0 Å². The molecule has 0 fully saturated rings. The Hall–Kier alpha value is -0.770. The third kappa shape index (κ3) is 9.72. The molecule has 1 aromatic carbocycles. The first-order chi connectivity index (χ1) is 10.2. The Morgan fingerprint density at radius 3 is 2.71 bits per heavy atom. The molecule has 0 amide bonds. The molecule has 0 radical (unpaired) electrons. The summed E-state index contributed by atoms with van der Waals surface area (Å²) in [6, 6.07) is 7.22. The molecule has 0 aromatic heterocycles. The summed E-state index contributed by atoms with van der Waals surface area (Å²) in [5, 5.41) is 13.7. The van der Waals surface area contributed by atoms with Crippen molar-refractivity contribution < 1.29 is 9.84 Å². The zero-order chi connectivity index (χ0) is 15.3. The molecular weight excluding hydrogens is 286 g/mol. The normalized spacial score (nSPS) is 12.3. The van der Waals surface area contributed by atoms with Crippen molar-refractivity contribution in [2.75, 3.05) is 19.7 Å². The summed E-state index contributed by atoms with van der Waals surface area (Å²) < 4.78 is 5.50. The molecule has 0 heterocycles. The van der Waals surface area contributed by atoms with Gasteiger partial charge in [0.25, 0.3) is 0 Å². The fourth-order valence-corrected chi connectivity index (χ4v) is 2.29. The summed E-state index contributed by atoms with van der Waals surface area (Å²) in [7, 11) is 0. The Morgan fingerprint density at radius 2 is 1.95 bits per heavy atom. The molecule has 0 spiro atoms. The first-order valence-electron chi connectivity index (χ1n) is 7.99. The Morgan fingerprint density at radius 1 is 1.19 bits per heavy atom. The van der Waals surface area contributed by atoms with Gasteiger partial charge >= 0.3 is 0 Å². The number of aliphatic hydroxyl groups excluding tert-OH is 1. The monoisotopic (exact) mass is 313 g/mol. The highest BCUT2D eigenvalue weighted by Gasteiger charge is 2.05. The maximum Gasteiger partial charge on any atom is 0.120 e. The van der Waals surface area contributed by atoms with Gasteiger partial charge in [-0.2, -0.15) is 0 Å². The highest BCUT2D eigenvalue weighted by Crippen LogP contribution is 2.17. The SMILES string of the molecule is CCCCCCCCNCC(O)COc1cccc(Cl)c1. The second-order valence-electron chi connectivity index (χ2n) is 5.39. The summed E-state index contributed by atoms with van der Waals surface area (Å²) >= 11 is 5.87. The van der Waals surface area contributed by atoms with Crippen molar-refractivity contribution >= 4 is 11.6 Å². The van der Waals surface area contributed by atoms with Crippen LogP contribution in [0.25, 0.3) is 0 Å². The third-order valence-electron chi connectivity index (χ3n) is 3.33. The fourth-order valence-electron chi connectivity index (χ4n) is 2.11. The lowest BCUT2D eigenvalue weighted by Gasteiger charge is -2.13. The molecule has 0 saturated heterocycles. The number of halogens is 1. The van der Waals surface area contributed by atoms with Gasteiger partial charge in [0, 0.05) is 11.6 Å². The molecular formula is C17H28ClNO2. The number of hydrogen-bond donors (Lipinski definition) is 2. The van der Waals surface area contributed by atoms with Crippen LogP contribution in [0.1, 0.15) is 45.4 Å². The maximum atomic E-state index is 9.83. The number of benzene rings is 1. The zero-order valence-corrected chi connectivity index (χ0v) is 13.7. The van der Waals surface area contributed by atoms with E-state index in [-0.39, 0.29) is 6.61 Å². The van der Waals surface area contributed by atoms with Crippen LogP contribution in [0.5, 0.6) is 5.75 Å². The van der Waals surface area contributed by atoms with E-state index in [1.54, 1.807) is 12.1 Å². The summed E-state index contributed by atoms with van der Waals surface area (Å²) in [6.45, 7) is 4.04. The van der Waals surface area contributed by atoms with Crippen LogP contribution in [-0.2, 0) is 0 Å². The molecule has 0 aliphatic carbocycles. The van der Waals surface area contributed by atoms with Crippen LogP contribution >= 0.6 is 11.6 Å². The molecule has 0 saturated carbocycles. The average Bonchev–Trinajstić information content (AvgIpc) is 2.48. The van der Waals surface area contributed by atoms with E-state index in [9.17, 15) is 5.11 Å². The number of rotatable bonds is 12. The van der Waals surface area contributed by atoms with Gasteiger partial charge in [-0.25, -0.2) is 0 Å². The van der Waals surface area contributed by atoms with E-state index in [2.05, 4.69) is 12.2 Å². The minimum atomic E-state index is -0.496. The van der Waals surface area contributed by atoms with Crippen LogP contribution in [0.4, 0.5) is 0 Å². The molecule has 0 aliphatic rings. The molecule has 4 heteroatoms. The van der Waals surface area contributed by atoms with Gasteiger partial charge < -0.3 is 15.2 Å². The van der Waals surface area contributed by atoms with Gasteiger partial charge in [-0.3, -0.25) is 0 Å². The van der Waals surface area contributed by atoms with Crippen molar-refractivity contribution in [1.82, 2.24) is 5.32 Å². The Kier molecular flexibility index (Phi) is 10.3. The van der Waals surface area contributed by atoms with E-state index in [1.165, 1.54) is 38.5 Å². The van der Waals surface area contributed by atoms with E-state index in [1.807, 2.05) is 12.1 Å². The summed E-state index contributed by atoms with van der Waals surface area (Å²) in [5.74, 6) is 0.692. The Balaban J connectivity index is 1.97. The van der Waals surface area contributed by atoms with Crippen molar-refractivity contribution in [3.8, 4) is 5.75 Å². The lowest BCUT2D eigenvalue weighted by molar-refractivity contribution is 0.106. The van der Waals surface area contributed by atoms with E-state index in [0.29, 0.717) is 17.3 Å². The highest BCUT2D eigenvalue weighted by molar-refractivity contribution is 6.30. The maximum absolute atomic E-state index is 9.83. The van der Waals surface area contributed by atoms with Crippen LogP contribution in [0.3, 0.4) is 0 Å². The molecule has 1 aromatic rings. The molecule has 1 atom stereocenters. The van der Waals surface area contributed by atoms with Crippen molar-refractivity contribution in [2.24, 2.45) is 0 Å². The molecule has 2 N–H and O–H groups in total. The predicted molar refractivity (Wildman–Crippen MR) is 89.2 cm³/mol. The predicted octanol–water partition coefficient (Wildman–Crippen LogP) is 4.03. The molecule has 0 bridgehead atoms. The largest absolute Gasteiger partial charge is 0.491 e. The first-order valence-corrected chi connectivity index (χ1v) is 8.37. The van der Waals surface area contributed by atoms with Crippen LogP contribution < -0.4 is 10.1 Å². The topological polar surface area (TPSA) is 41.5 Å². The van der Waals surface area contributed by atoms with Crippen LogP contribution in [0.2, 0.25) is 5.02 Å². The van der Waals surface area contributed by atoms with Gasteiger partial charge in [0.1, 0.15) is 18.5 Å². The van der Waals surface area contributed by atoms with Crippen molar-refractivity contribution in [3.63, 3.8) is 0 Å². The number of unbranched alkanes of at least 4 members (excludes halogenated alkanes) is 5. The number of ether oxygens (including phenoxy) is 1. The summed E-state index contributed by atoms with van der Waals surface area (Å²) in [5.41, 5.74) is 0. The van der Waals surface area contributed by atoms with E-state index in [4.69, 9.17) is 16.3 Å². The van der Waals surface area contributed by atoms with Crippen molar-refractivity contribution in [2.45, 2.75) is 51.6 Å². The van der Waals surface area contributed by atoms with E-state index < -0.39 is 6.10 Å². The minimum Gasteiger partial charge on any atom is -0.491 e. The second kappa shape index (κ2) is 11.8. The van der Waals surface area contributed by atoms with Gasteiger partial charge in [0.2, 0.25) is 0 Å². The molecule has 120 valence electrons. The summed E-state index contributed by atoms with van der Waals surface area (Å²) in [4.78, 5) is 0. The van der Waals surface area contributed by atoms with Gasteiger partial charge in [0.05, 0.1) is 0 Å². The lowest BCUT2D eigenvalue weighted by Crippen LogP contribution is -2.32. The van der Waals surface area contributed by atoms with E-state index in [0.717, 1.165) is 6.54 Å². The number of nitrogens with one attached hydrogen (secondary N) is 1. The molecule has 0 aliphatic heterocycles. The molecule has 1 rings (SSSR count). The van der Waals surface area contributed by atoms with Gasteiger partial charge in [-0.1, -0.05) is 56.7 Å². The van der Waals surface area contributed by atoms with Gasteiger partial charge in [-0.05, 0) is 31.2 Å². The quantitative estimate of drug-likeness (QED) is 0.572. The zero-order valence-electron chi connectivity index (χ0n) is 13.0. The number of hydrogen-bond acceptors (Lipinski definition) is 3. The first kappa shape index (κ1) is 18.3. The average molecular weight is 314 g/mol. The van der Waals surface area contributed by atoms with Crippen molar-refractivity contribution in [1.29, 1.82) is 0 Å². The summed E-state index contributed by atoms with van der Waals surface area (Å²) in [6.07, 6.45) is 7.23. The molecule has 1 unspecified atom stereocenters. The highest BCUT2D eigenvalue weighted by atomic mass is 35.5. The smallest absolute Gasteiger partial charge is 0.120 e. The van der Waals surface area contributed by atoms with E-state index >= 15 is 0 Å². The van der Waals surface area contributed by atoms with Crippen molar-refractivity contribution in [3.05, 3.63) is 29.3 Å². The molecule has 21 heavy (non-hydrogen) atoms. The minimum absolute atomic E-state index is 0.282. The second-order valence-corrected chi connectivity index (χ2v) is 5.83. The van der Waals surface area contributed by atoms with Gasteiger partial charge in [-0.15, -0.1) is 0 Å². The third-order valence-corrected chi connectivity index (χ3v) is 3.56. The Labute approximate surface area is 133 Å². The molecule has 3 nitrogen and oxygen atoms in total. The fraction of sp³-hybridized carbons (Fsp3) is 0.647. The van der Waals surface area contributed by atoms with Crippen LogP contribution in [0, 0.1) is 0 Å². The number of aliphatic hydroxyl groups is 1.